The van der Waals surface area contributed by atoms with Crippen molar-refractivity contribution in [2.24, 2.45) is 5.73 Å². The molecule has 0 saturated heterocycles. The van der Waals surface area contributed by atoms with Crippen molar-refractivity contribution in [1.29, 1.82) is 0 Å². The summed E-state index contributed by atoms with van der Waals surface area (Å²) in [6, 6.07) is 30.1. The summed E-state index contributed by atoms with van der Waals surface area (Å²) >= 11 is 0. The van der Waals surface area contributed by atoms with Crippen molar-refractivity contribution in [2.75, 3.05) is 4.90 Å². The predicted molar refractivity (Wildman–Crippen MR) is 193 cm³/mol. The third-order valence-electron chi connectivity index (χ3n) is 7.99. The lowest BCUT2D eigenvalue weighted by molar-refractivity contribution is 1.10. The summed E-state index contributed by atoms with van der Waals surface area (Å²) in [5.41, 5.74) is 15.0. The maximum Gasteiger partial charge on any atom is 0.0612 e. The number of rotatable bonds is 7. The molecular formula is C41H36N4. The number of fused-ring (bicyclic) bond motifs is 4. The Morgan fingerprint density at radius 3 is 2.53 bits per heavy atom. The molecule has 2 heterocycles. The van der Waals surface area contributed by atoms with Gasteiger partial charge < -0.3 is 16.0 Å². The second-order valence-corrected chi connectivity index (χ2v) is 10.8. The van der Waals surface area contributed by atoms with E-state index in [1.807, 2.05) is 44.5 Å². The van der Waals surface area contributed by atoms with Gasteiger partial charge in [0.1, 0.15) is 0 Å². The summed E-state index contributed by atoms with van der Waals surface area (Å²) in [5, 5.41) is 8.01. The molecule has 220 valence electrons. The van der Waals surface area contributed by atoms with Gasteiger partial charge in [-0.2, -0.15) is 0 Å². The lowest BCUT2D eigenvalue weighted by Crippen LogP contribution is -2.14. The van der Waals surface area contributed by atoms with Crippen molar-refractivity contribution in [3.05, 3.63) is 181 Å². The molecule has 1 aliphatic heterocycles. The number of hydrogen-bond donors (Lipinski definition) is 2. The molecule has 3 N–H and O–H groups in total. The summed E-state index contributed by atoms with van der Waals surface area (Å²) in [5.74, 6) is 0. The van der Waals surface area contributed by atoms with Crippen molar-refractivity contribution in [1.82, 2.24) is 10.3 Å². The minimum Gasteiger partial charge on any atom is -0.405 e. The van der Waals surface area contributed by atoms with Crippen LogP contribution in [0.25, 0.3) is 38.3 Å². The van der Waals surface area contributed by atoms with Crippen molar-refractivity contribution in [2.45, 2.75) is 13.8 Å². The van der Waals surface area contributed by atoms with Crippen LogP contribution in [0.15, 0.2) is 165 Å². The fraction of sp³-hybridized carbons (Fsp3) is 0.0488. The summed E-state index contributed by atoms with van der Waals surface area (Å²) < 4.78 is 0. The van der Waals surface area contributed by atoms with Crippen LogP contribution in [0.1, 0.15) is 30.5 Å². The summed E-state index contributed by atoms with van der Waals surface area (Å²) in [7, 11) is 0. The second kappa shape index (κ2) is 13.2. The minimum absolute atomic E-state index is 0.926. The van der Waals surface area contributed by atoms with Gasteiger partial charge in [-0.1, -0.05) is 104 Å². The number of anilines is 2. The monoisotopic (exact) mass is 584 g/mol. The van der Waals surface area contributed by atoms with Crippen LogP contribution in [0.3, 0.4) is 0 Å². The van der Waals surface area contributed by atoms with Gasteiger partial charge in [-0.15, -0.1) is 0 Å². The standard InChI is InChI=1S/C41H36N4/c1-4-10-33(27-44-36(5-2)22-23-42)31-18-21-39-32(25-31)19-20-37-29(3)16-17-35(34-13-9-24-43-26-34)28-45(41(37)39)40-15-8-12-30-11-6-7-14-38(30)40/h4-28,44H,3,42H2,1-2H3/b10-4-,17-16-,23-22-,33-27+,35-28+,36-5+. The van der Waals surface area contributed by atoms with E-state index in [1.54, 1.807) is 6.20 Å². The van der Waals surface area contributed by atoms with E-state index in [0.717, 1.165) is 61.3 Å². The normalized spacial score (nSPS) is 16.1. The van der Waals surface area contributed by atoms with Crippen LogP contribution in [0.2, 0.25) is 0 Å². The zero-order valence-corrected chi connectivity index (χ0v) is 25.6. The molecule has 0 aliphatic carbocycles. The van der Waals surface area contributed by atoms with Crippen molar-refractivity contribution >= 4 is 49.6 Å². The quantitative estimate of drug-likeness (QED) is 0.187. The highest BCUT2D eigenvalue weighted by Gasteiger charge is 2.21. The van der Waals surface area contributed by atoms with Gasteiger partial charge in [0, 0.05) is 52.4 Å². The van der Waals surface area contributed by atoms with E-state index in [1.165, 1.54) is 17.0 Å². The molecular weight excluding hydrogens is 548 g/mol. The molecule has 0 saturated carbocycles. The van der Waals surface area contributed by atoms with E-state index in [-0.39, 0.29) is 0 Å². The van der Waals surface area contributed by atoms with E-state index in [4.69, 9.17) is 5.73 Å². The molecule has 1 aromatic heterocycles. The summed E-state index contributed by atoms with van der Waals surface area (Å²) in [4.78, 5) is 6.74. The molecule has 0 bridgehead atoms. The number of benzene rings is 4. The zero-order chi connectivity index (χ0) is 31.2. The van der Waals surface area contributed by atoms with Crippen molar-refractivity contribution in [3.63, 3.8) is 0 Å². The van der Waals surface area contributed by atoms with Gasteiger partial charge in [-0.05, 0) is 77.4 Å². The van der Waals surface area contributed by atoms with Gasteiger partial charge in [-0.3, -0.25) is 4.98 Å². The van der Waals surface area contributed by atoms with Crippen molar-refractivity contribution < 1.29 is 0 Å². The third kappa shape index (κ3) is 5.99. The van der Waals surface area contributed by atoms with Gasteiger partial charge in [0.25, 0.3) is 0 Å². The maximum absolute atomic E-state index is 5.64. The minimum atomic E-state index is 0.926. The number of allylic oxidation sites excluding steroid dienone is 9. The zero-order valence-electron chi connectivity index (χ0n) is 25.6. The van der Waals surface area contributed by atoms with Crippen LogP contribution >= 0.6 is 0 Å². The van der Waals surface area contributed by atoms with E-state index in [2.05, 4.69) is 131 Å². The summed E-state index contributed by atoms with van der Waals surface area (Å²) in [6.07, 6.45) is 21.7. The number of nitrogens with two attached hydrogens (primary N) is 1. The Morgan fingerprint density at radius 1 is 0.867 bits per heavy atom. The number of nitrogens with one attached hydrogen (secondary N) is 1. The second-order valence-electron chi connectivity index (χ2n) is 10.8. The molecule has 45 heavy (non-hydrogen) atoms. The Labute approximate surface area is 265 Å². The largest absolute Gasteiger partial charge is 0.405 e. The van der Waals surface area contributed by atoms with Crippen LogP contribution in [-0.2, 0) is 0 Å². The predicted octanol–water partition coefficient (Wildman–Crippen LogP) is 10.0. The van der Waals surface area contributed by atoms with E-state index < -0.39 is 0 Å². The fourth-order valence-electron chi connectivity index (χ4n) is 5.75. The lowest BCUT2D eigenvalue weighted by Gasteiger charge is -2.29. The first kappa shape index (κ1) is 29.2. The lowest BCUT2D eigenvalue weighted by atomic mass is 9.93. The number of hydrogen-bond acceptors (Lipinski definition) is 4. The van der Waals surface area contributed by atoms with Crippen LogP contribution in [0, 0.1) is 0 Å². The number of nitrogens with zero attached hydrogens (tertiary/aromatic N) is 2. The fourth-order valence-corrected chi connectivity index (χ4v) is 5.75. The molecule has 4 heteroatoms. The van der Waals surface area contributed by atoms with Crippen LogP contribution in [0.4, 0.5) is 11.4 Å². The Hall–Kier alpha value is -5.87. The van der Waals surface area contributed by atoms with Crippen LogP contribution in [0.5, 0.6) is 0 Å². The molecule has 4 aromatic carbocycles. The van der Waals surface area contributed by atoms with E-state index >= 15 is 0 Å². The maximum atomic E-state index is 5.64. The number of aromatic nitrogens is 1. The van der Waals surface area contributed by atoms with Gasteiger partial charge in [0.15, 0.2) is 0 Å². The van der Waals surface area contributed by atoms with E-state index in [0.29, 0.717) is 0 Å². The van der Waals surface area contributed by atoms with Crippen LogP contribution < -0.4 is 16.0 Å². The highest BCUT2D eigenvalue weighted by Crippen LogP contribution is 2.44. The highest BCUT2D eigenvalue weighted by atomic mass is 15.1. The topological polar surface area (TPSA) is 54.2 Å². The van der Waals surface area contributed by atoms with Crippen molar-refractivity contribution in [3.8, 4) is 0 Å². The molecule has 0 amide bonds. The Morgan fingerprint density at radius 2 is 1.73 bits per heavy atom. The first-order chi connectivity index (χ1) is 22.1. The molecule has 0 atom stereocenters. The SMILES string of the molecule is C=C1/C=C\C(c2cccnc2)=C/N(c2cccc3ccccc23)c2c1ccc1cc(C(/C=C\C)=C/NC(/C=C\N)=C/C)ccc21. The van der Waals surface area contributed by atoms with Gasteiger partial charge in [-0.25, -0.2) is 0 Å². The van der Waals surface area contributed by atoms with Crippen LogP contribution in [-0.4, -0.2) is 4.98 Å². The van der Waals surface area contributed by atoms with Gasteiger partial charge in [0.2, 0.25) is 0 Å². The molecule has 0 fully saturated rings. The Bertz CT molecular complexity index is 2070. The average Bonchev–Trinajstić information content (AvgIpc) is 3.08. The third-order valence-corrected chi connectivity index (χ3v) is 7.99. The molecule has 4 nitrogen and oxygen atoms in total. The van der Waals surface area contributed by atoms with Gasteiger partial charge in [0.05, 0.1) is 11.4 Å². The number of pyridine rings is 1. The molecule has 1 aliphatic rings. The summed E-state index contributed by atoms with van der Waals surface area (Å²) in [6.45, 7) is 8.52. The molecule has 0 radical (unpaired) electrons. The molecule has 5 aromatic rings. The first-order valence-electron chi connectivity index (χ1n) is 15.1. The average molecular weight is 585 g/mol. The highest BCUT2D eigenvalue weighted by molar-refractivity contribution is 6.08. The smallest absolute Gasteiger partial charge is 0.0612 e. The Balaban J connectivity index is 1.59. The first-order valence-corrected chi connectivity index (χ1v) is 15.1. The Kier molecular flexibility index (Phi) is 8.56. The molecule has 0 unspecified atom stereocenters. The molecule has 6 rings (SSSR count). The van der Waals surface area contributed by atoms with Gasteiger partial charge >= 0.3 is 0 Å². The van der Waals surface area contributed by atoms with E-state index in [9.17, 15) is 0 Å². The molecule has 0 spiro atoms.